The first-order valence-electron chi connectivity index (χ1n) is 7.33. The second-order valence-corrected chi connectivity index (χ2v) is 5.33. The molecule has 5 heteroatoms. The van der Waals surface area contributed by atoms with E-state index in [0.717, 1.165) is 5.56 Å². The summed E-state index contributed by atoms with van der Waals surface area (Å²) in [5.74, 6) is 0.102. The van der Waals surface area contributed by atoms with Crippen molar-refractivity contribution in [3.8, 4) is 0 Å². The van der Waals surface area contributed by atoms with Crippen LogP contribution in [0.2, 0.25) is 0 Å². The minimum atomic E-state index is -0.610. The fourth-order valence-electron chi connectivity index (χ4n) is 2.13. The molecule has 1 aromatic carbocycles. The van der Waals surface area contributed by atoms with Crippen LogP contribution in [0.5, 0.6) is 0 Å². The molecule has 2 aromatic rings. The standard InChI is InChI=1S/C18H20N2O3/c1-20(2)18(22)16(13-14-7-4-3-5-8-14)19-17(21)11-10-15-9-6-12-23-15/h3-12,16H,13H2,1-2H3,(H,19,21)/b11-10-/t16-/m1/s1. The van der Waals surface area contributed by atoms with E-state index in [0.29, 0.717) is 12.2 Å². The smallest absolute Gasteiger partial charge is 0.244 e. The van der Waals surface area contributed by atoms with E-state index in [1.165, 1.54) is 17.2 Å². The maximum Gasteiger partial charge on any atom is 0.244 e. The van der Waals surface area contributed by atoms with Gasteiger partial charge in [0, 0.05) is 26.6 Å². The van der Waals surface area contributed by atoms with E-state index in [-0.39, 0.29) is 11.8 Å². The second kappa shape index (κ2) is 7.98. The first-order chi connectivity index (χ1) is 11.1. The Kier molecular flexibility index (Phi) is 5.74. The molecule has 0 spiro atoms. The van der Waals surface area contributed by atoms with E-state index >= 15 is 0 Å². The SMILES string of the molecule is CN(C)C(=O)[C@@H](Cc1ccccc1)NC(=O)/C=C\c1ccco1. The number of likely N-dealkylation sites (N-methyl/N-ethyl adjacent to an activating group) is 1. The van der Waals surface area contributed by atoms with Crippen molar-refractivity contribution >= 4 is 17.9 Å². The number of nitrogens with one attached hydrogen (secondary N) is 1. The summed E-state index contributed by atoms with van der Waals surface area (Å²) in [6.07, 6.45) is 4.90. The Morgan fingerprint density at radius 2 is 1.91 bits per heavy atom. The Hall–Kier alpha value is -2.82. The maximum absolute atomic E-state index is 12.3. The van der Waals surface area contributed by atoms with Crippen molar-refractivity contribution < 1.29 is 14.0 Å². The van der Waals surface area contributed by atoms with E-state index in [1.54, 1.807) is 32.3 Å². The monoisotopic (exact) mass is 312 g/mol. The molecule has 0 radical (unpaired) electrons. The van der Waals surface area contributed by atoms with Crippen LogP contribution in [0, 0.1) is 0 Å². The van der Waals surface area contributed by atoms with Gasteiger partial charge in [0.05, 0.1) is 6.26 Å². The Labute approximate surface area is 135 Å². The van der Waals surface area contributed by atoms with Crippen LogP contribution in [0.3, 0.4) is 0 Å². The molecule has 1 N–H and O–H groups in total. The molecule has 120 valence electrons. The van der Waals surface area contributed by atoms with Crippen LogP contribution in [0.15, 0.2) is 59.2 Å². The summed E-state index contributed by atoms with van der Waals surface area (Å²) in [6.45, 7) is 0. The molecule has 0 saturated heterocycles. The molecule has 0 bridgehead atoms. The Morgan fingerprint density at radius 3 is 2.52 bits per heavy atom. The number of furan rings is 1. The highest BCUT2D eigenvalue weighted by atomic mass is 16.3. The molecule has 0 aliphatic heterocycles. The highest BCUT2D eigenvalue weighted by Crippen LogP contribution is 2.06. The Morgan fingerprint density at radius 1 is 1.17 bits per heavy atom. The van der Waals surface area contributed by atoms with Gasteiger partial charge in [-0.1, -0.05) is 30.3 Å². The number of rotatable bonds is 6. The molecular formula is C18H20N2O3. The van der Waals surface area contributed by atoms with Crippen LogP contribution < -0.4 is 5.32 Å². The fourth-order valence-corrected chi connectivity index (χ4v) is 2.13. The summed E-state index contributed by atoms with van der Waals surface area (Å²) in [5, 5.41) is 2.75. The average Bonchev–Trinajstić information content (AvgIpc) is 3.06. The summed E-state index contributed by atoms with van der Waals surface area (Å²) >= 11 is 0. The van der Waals surface area contributed by atoms with Crippen LogP contribution in [0.25, 0.3) is 6.08 Å². The van der Waals surface area contributed by atoms with Crippen LogP contribution in [-0.4, -0.2) is 36.9 Å². The molecule has 23 heavy (non-hydrogen) atoms. The van der Waals surface area contributed by atoms with Crippen molar-refractivity contribution in [3.05, 3.63) is 66.1 Å². The van der Waals surface area contributed by atoms with Gasteiger partial charge in [-0.15, -0.1) is 0 Å². The van der Waals surface area contributed by atoms with Gasteiger partial charge in [-0.25, -0.2) is 0 Å². The molecule has 0 aliphatic carbocycles. The highest BCUT2D eigenvalue weighted by Gasteiger charge is 2.21. The van der Waals surface area contributed by atoms with Crippen LogP contribution in [0.4, 0.5) is 0 Å². The van der Waals surface area contributed by atoms with Crippen LogP contribution in [-0.2, 0) is 16.0 Å². The van der Waals surface area contributed by atoms with Crippen molar-refractivity contribution in [1.29, 1.82) is 0 Å². The van der Waals surface area contributed by atoms with Crippen molar-refractivity contribution in [2.24, 2.45) is 0 Å². The second-order valence-electron chi connectivity index (χ2n) is 5.33. The summed E-state index contributed by atoms with van der Waals surface area (Å²) in [4.78, 5) is 25.8. The van der Waals surface area contributed by atoms with Gasteiger partial charge in [-0.05, 0) is 23.8 Å². The zero-order valence-corrected chi connectivity index (χ0v) is 13.2. The lowest BCUT2D eigenvalue weighted by Crippen LogP contribution is -2.47. The molecule has 2 rings (SSSR count). The van der Waals surface area contributed by atoms with E-state index in [9.17, 15) is 9.59 Å². The average molecular weight is 312 g/mol. The lowest BCUT2D eigenvalue weighted by Gasteiger charge is -2.21. The molecule has 2 amide bonds. The summed E-state index contributed by atoms with van der Waals surface area (Å²) < 4.78 is 5.13. The fraction of sp³-hybridized carbons (Fsp3) is 0.222. The lowest BCUT2D eigenvalue weighted by atomic mass is 10.0. The molecule has 1 atom stereocenters. The molecule has 0 fully saturated rings. The van der Waals surface area contributed by atoms with Gasteiger partial charge >= 0.3 is 0 Å². The van der Waals surface area contributed by atoms with Crippen molar-refractivity contribution in [2.45, 2.75) is 12.5 Å². The Balaban J connectivity index is 2.04. The third-order valence-electron chi connectivity index (χ3n) is 3.28. The summed E-state index contributed by atoms with van der Waals surface area (Å²) in [6, 6.07) is 12.5. The third-order valence-corrected chi connectivity index (χ3v) is 3.28. The topological polar surface area (TPSA) is 62.6 Å². The number of carbonyl (C=O) groups excluding carboxylic acids is 2. The first kappa shape index (κ1) is 16.5. The van der Waals surface area contributed by atoms with Gasteiger partial charge in [0.1, 0.15) is 11.8 Å². The molecule has 0 saturated carbocycles. The molecule has 0 unspecified atom stereocenters. The normalized spacial score (nSPS) is 12.1. The molecule has 0 aliphatic rings. The summed E-state index contributed by atoms with van der Waals surface area (Å²) in [5.41, 5.74) is 0.989. The quantitative estimate of drug-likeness (QED) is 0.831. The van der Waals surface area contributed by atoms with Crippen LogP contribution >= 0.6 is 0 Å². The van der Waals surface area contributed by atoms with Gasteiger partial charge in [0.25, 0.3) is 0 Å². The third kappa shape index (κ3) is 5.14. The van der Waals surface area contributed by atoms with Gasteiger partial charge < -0.3 is 14.6 Å². The van der Waals surface area contributed by atoms with E-state index in [2.05, 4.69) is 5.32 Å². The van der Waals surface area contributed by atoms with E-state index in [4.69, 9.17) is 4.42 Å². The number of hydrogen-bond donors (Lipinski definition) is 1. The molecular weight excluding hydrogens is 292 g/mol. The number of nitrogens with zero attached hydrogens (tertiary/aromatic N) is 1. The summed E-state index contributed by atoms with van der Waals surface area (Å²) in [7, 11) is 3.34. The minimum absolute atomic E-state index is 0.145. The molecule has 1 aromatic heterocycles. The number of hydrogen-bond acceptors (Lipinski definition) is 3. The van der Waals surface area contributed by atoms with Gasteiger partial charge in [0.15, 0.2) is 0 Å². The number of carbonyl (C=O) groups is 2. The van der Waals surface area contributed by atoms with Gasteiger partial charge in [-0.2, -0.15) is 0 Å². The van der Waals surface area contributed by atoms with Crippen molar-refractivity contribution in [1.82, 2.24) is 10.2 Å². The van der Waals surface area contributed by atoms with Crippen molar-refractivity contribution in [2.75, 3.05) is 14.1 Å². The molecule has 5 nitrogen and oxygen atoms in total. The maximum atomic E-state index is 12.3. The van der Waals surface area contributed by atoms with E-state index in [1.807, 2.05) is 30.3 Å². The Bertz CT molecular complexity index is 661. The van der Waals surface area contributed by atoms with Gasteiger partial charge in [-0.3, -0.25) is 9.59 Å². The zero-order valence-electron chi connectivity index (χ0n) is 13.2. The zero-order chi connectivity index (χ0) is 16.7. The molecule has 1 heterocycles. The van der Waals surface area contributed by atoms with Crippen LogP contribution in [0.1, 0.15) is 11.3 Å². The predicted octanol–water partition coefficient (Wildman–Crippen LogP) is 2.11. The lowest BCUT2D eigenvalue weighted by molar-refractivity contribution is -0.133. The van der Waals surface area contributed by atoms with E-state index < -0.39 is 6.04 Å². The predicted molar refractivity (Wildman–Crippen MR) is 88.5 cm³/mol. The van der Waals surface area contributed by atoms with Gasteiger partial charge in [0.2, 0.25) is 11.8 Å². The minimum Gasteiger partial charge on any atom is -0.465 e. The highest BCUT2D eigenvalue weighted by molar-refractivity contribution is 5.95. The van der Waals surface area contributed by atoms with Crippen molar-refractivity contribution in [3.63, 3.8) is 0 Å². The largest absolute Gasteiger partial charge is 0.465 e. The number of benzene rings is 1. The number of amides is 2. The first-order valence-corrected chi connectivity index (χ1v) is 7.33.